The molecule has 10 rings (SSSR count). The molecule has 0 atom stereocenters. The summed E-state index contributed by atoms with van der Waals surface area (Å²) in [6.07, 6.45) is 5.07. The number of nitrogen functional groups attached to an aromatic ring is 1. The molecule has 8 heterocycles. The number of benzene rings is 2. The highest BCUT2D eigenvalue weighted by atomic mass is 32.1. The average molecular weight is 1020 g/mol. The normalized spacial score (nSPS) is 9.96. The van der Waals surface area contributed by atoms with Crippen molar-refractivity contribution >= 4 is 103 Å². The Labute approximate surface area is 419 Å². The molecule has 0 aliphatic heterocycles. The molecule has 0 unspecified atom stereocenters. The number of nitrogens with zero attached hydrogens (tertiary/aromatic N) is 8. The van der Waals surface area contributed by atoms with Gasteiger partial charge >= 0.3 is 0 Å². The fourth-order valence-electron chi connectivity index (χ4n) is 5.67. The van der Waals surface area contributed by atoms with Gasteiger partial charge in [-0.1, -0.05) is 64.6 Å². The van der Waals surface area contributed by atoms with E-state index in [1.807, 2.05) is 50.2 Å². The van der Waals surface area contributed by atoms with Gasteiger partial charge in [-0.3, -0.25) is 0 Å². The second-order valence-corrected chi connectivity index (χ2v) is 17.9. The van der Waals surface area contributed by atoms with Crippen LogP contribution in [0.5, 0.6) is 23.5 Å². The van der Waals surface area contributed by atoms with E-state index in [0.29, 0.717) is 56.2 Å². The van der Waals surface area contributed by atoms with Crippen LogP contribution in [0.4, 0.5) is 25.3 Å². The number of halogens is 2. The Morgan fingerprint density at radius 1 is 0.500 bits per heavy atom. The zero-order valence-corrected chi connectivity index (χ0v) is 41.6. The van der Waals surface area contributed by atoms with Crippen molar-refractivity contribution in [1.29, 1.82) is 0 Å². The van der Waals surface area contributed by atoms with E-state index in [2.05, 4.69) is 68.3 Å². The molecule has 15 nitrogen and oxygen atoms in total. The first-order chi connectivity index (χ1) is 33.3. The van der Waals surface area contributed by atoms with E-state index < -0.39 is 0 Å². The molecule has 0 spiro atoms. The largest absolute Gasteiger partial charge is 0.481 e. The summed E-state index contributed by atoms with van der Waals surface area (Å²) in [5.74, 6) is 9.98. The first-order valence-corrected chi connectivity index (χ1v) is 23.5. The third-order valence-corrected chi connectivity index (χ3v) is 12.4. The Bertz CT molecular complexity index is 3260. The van der Waals surface area contributed by atoms with Crippen LogP contribution in [0.1, 0.15) is 33.6 Å². The van der Waals surface area contributed by atoms with Crippen LogP contribution in [0, 0.1) is 49.7 Å². The monoisotopic (exact) mass is 1020 g/mol. The van der Waals surface area contributed by atoms with E-state index in [1.54, 1.807) is 102 Å². The quantitative estimate of drug-likeness (QED) is 0.133. The van der Waals surface area contributed by atoms with Gasteiger partial charge in [0.25, 0.3) is 0 Å². The number of anilines is 3. The van der Waals surface area contributed by atoms with Crippen molar-refractivity contribution in [3.63, 3.8) is 0 Å². The molecular weight excluding hydrogens is 973 g/mol. The van der Waals surface area contributed by atoms with Crippen LogP contribution >= 0.6 is 45.3 Å². The lowest BCUT2D eigenvalue weighted by molar-refractivity contribution is 0.399. The molecule has 4 N–H and O–H groups in total. The number of pyridine rings is 4. The fraction of sp³-hybridized carbons (Fsp3) is 0.184. The molecule has 0 aliphatic carbocycles. The molecule has 0 amide bonds. The standard InChI is InChI=1S/C16H12FN3OS.C9H8FN.2C8H8N2OS.C7H7N3OS.CH4/c1-18-12-5-3-10(9-11(12)17)4-8-15-19-13-6-7-14(21-2)20-16(13)22-15;1-3-7-4-5-9(11-2)8(10)6-7;2*1-5-9-6-3-4-7(11-2)10-8(6)12-5;1-11-5-3-2-4-6(10-5)12-7(8)9-4;/h3,5-7,9,18H,1-2H3;1,4-6,11H,2H3;2*3-4H,1-2H3;2-3H,1H3,(H2,8,9);1H4. The molecule has 2 aromatic carbocycles. The molecule has 8 aromatic heterocycles. The van der Waals surface area contributed by atoms with E-state index in [4.69, 9.17) is 31.1 Å². The van der Waals surface area contributed by atoms with Crippen molar-refractivity contribution in [1.82, 2.24) is 39.9 Å². The maximum Gasteiger partial charge on any atom is 0.214 e. The summed E-state index contributed by atoms with van der Waals surface area (Å²) in [5.41, 5.74) is 11.0. The SMILES string of the molecule is C.C#Cc1ccc(NC)c(F)c1.CNc1ccc(C#Cc2nc3ccc(OC)nc3s2)cc1F.COc1ccc2nc(C)sc2n1.COc1ccc2nc(C)sc2n1.COc1ccc2nc(N)sc2n1. The molecule has 360 valence electrons. The van der Waals surface area contributed by atoms with E-state index in [-0.39, 0.29) is 19.1 Å². The van der Waals surface area contributed by atoms with Crippen LogP contribution in [-0.4, -0.2) is 82.4 Å². The van der Waals surface area contributed by atoms with Crippen molar-refractivity contribution in [2.24, 2.45) is 0 Å². The number of rotatable bonds is 6. The van der Waals surface area contributed by atoms with Crippen LogP contribution in [0.3, 0.4) is 0 Å². The average Bonchev–Trinajstić information content (AvgIpc) is 4.15. The molecule has 0 fully saturated rings. The minimum Gasteiger partial charge on any atom is -0.481 e. The summed E-state index contributed by atoms with van der Waals surface area (Å²) in [6.45, 7) is 3.94. The second-order valence-electron chi connectivity index (χ2n) is 13.5. The van der Waals surface area contributed by atoms with Gasteiger partial charge in [0.15, 0.2) is 10.1 Å². The van der Waals surface area contributed by atoms with Crippen molar-refractivity contribution < 1.29 is 27.7 Å². The molecule has 0 saturated heterocycles. The molecule has 0 bridgehead atoms. The van der Waals surface area contributed by atoms with Crippen LogP contribution in [-0.2, 0) is 0 Å². The summed E-state index contributed by atoms with van der Waals surface area (Å²) in [7, 11) is 9.71. The zero-order valence-electron chi connectivity index (χ0n) is 38.3. The third-order valence-electron chi connectivity index (χ3n) is 8.94. The molecule has 0 aliphatic rings. The lowest BCUT2D eigenvalue weighted by atomic mass is 10.2. The number of nitrogens with two attached hydrogens (primary N) is 1. The Balaban J connectivity index is 0.000000168. The van der Waals surface area contributed by atoms with Crippen molar-refractivity contribution in [2.75, 3.05) is 58.9 Å². The topological polar surface area (TPSA) is 190 Å². The Hall–Kier alpha value is -7.82. The smallest absolute Gasteiger partial charge is 0.214 e. The highest BCUT2D eigenvalue weighted by Crippen LogP contribution is 2.26. The highest BCUT2D eigenvalue weighted by molar-refractivity contribution is 7.21. The number of nitrogens with one attached hydrogen (secondary N) is 2. The van der Waals surface area contributed by atoms with Gasteiger partial charge < -0.3 is 35.3 Å². The summed E-state index contributed by atoms with van der Waals surface area (Å²) in [6, 6.07) is 24.1. The molecule has 10 aromatic rings. The number of fused-ring (bicyclic) bond motifs is 4. The Kier molecular flexibility index (Phi) is 19.4. The van der Waals surface area contributed by atoms with Gasteiger partial charge in [0, 0.05) is 49.5 Å². The maximum absolute atomic E-state index is 13.7. The van der Waals surface area contributed by atoms with Gasteiger partial charge in [-0.15, -0.1) is 6.42 Å². The summed E-state index contributed by atoms with van der Waals surface area (Å²) >= 11 is 5.89. The summed E-state index contributed by atoms with van der Waals surface area (Å²) in [4.78, 5) is 37.4. The van der Waals surface area contributed by atoms with Gasteiger partial charge in [-0.2, -0.15) is 0 Å². The van der Waals surface area contributed by atoms with Gasteiger partial charge in [-0.25, -0.2) is 48.7 Å². The van der Waals surface area contributed by atoms with Gasteiger partial charge in [0.2, 0.25) is 23.5 Å². The van der Waals surface area contributed by atoms with Crippen LogP contribution in [0.15, 0.2) is 84.9 Å². The van der Waals surface area contributed by atoms with Crippen molar-refractivity contribution in [3.05, 3.63) is 123 Å². The van der Waals surface area contributed by atoms with Crippen molar-refractivity contribution in [2.45, 2.75) is 21.3 Å². The van der Waals surface area contributed by atoms with Gasteiger partial charge in [0.05, 0.1) is 49.8 Å². The zero-order chi connectivity index (χ0) is 49.5. The van der Waals surface area contributed by atoms with Crippen molar-refractivity contribution in [3.8, 4) is 47.7 Å². The van der Waals surface area contributed by atoms with Crippen LogP contribution in [0.2, 0.25) is 0 Å². The minimum atomic E-state index is -0.329. The predicted molar refractivity (Wildman–Crippen MR) is 282 cm³/mol. The minimum absolute atomic E-state index is 0. The number of thiazole rings is 4. The van der Waals surface area contributed by atoms with Crippen LogP contribution in [0.25, 0.3) is 41.4 Å². The van der Waals surface area contributed by atoms with E-state index in [9.17, 15) is 8.78 Å². The first-order valence-electron chi connectivity index (χ1n) is 20.2. The third kappa shape index (κ3) is 14.4. The first kappa shape index (κ1) is 53.1. The molecule has 21 heteroatoms. The lowest BCUT2D eigenvalue weighted by Crippen LogP contribution is -1.92. The Morgan fingerprint density at radius 2 is 0.886 bits per heavy atom. The van der Waals surface area contributed by atoms with E-state index in [0.717, 1.165) is 51.4 Å². The number of terminal acetylenes is 1. The fourth-order valence-corrected chi connectivity index (χ4v) is 8.71. The highest BCUT2D eigenvalue weighted by Gasteiger charge is 2.07. The maximum atomic E-state index is 13.7. The van der Waals surface area contributed by atoms with Gasteiger partial charge in [0.1, 0.15) is 53.0 Å². The number of ether oxygens (including phenoxy) is 4. The second kappa shape index (κ2) is 25.5. The van der Waals surface area contributed by atoms with Gasteiger partial charge in [-0.05, 0) is 80.4 Å². The number of hydrogen-bond acceptors (Lipinski definition) is 19. The predicted octanol–water partition coefficient (Wildman–Crippen LogP) is 11.1. The molecular formula is C49H47F2N11O4S4. The van der Waals surface area contributed by atoms with Crippen LogP contribution < -0.4 is 35.3 Å². The number of hydrogen-bond donors (Lipinski definition) is 3. The van der Waals surface area contributed by atoms with E-state index >= 15 is 0 Å². The number of aromatic nitrogens is 8. The van der Waals surface area contributed by atoms with E-state index in [1.165, 1.54) is 34.8 Å². The Morgan fingerprint density at radius 3 is 1.30 bits per heavy atom. The molecule has 0 saturated carbocycles. The summed E-state index contributed by atoms with van der Waals surface area (Å²) in [5, 5.41) is 8.71. The number of methoxy groups -OCH3 is 4. The lowest BCUT2D eigenvalue weighted by Gasteiger charge is -2.00. The molecule has 70 heavy (non-hydrogen) atoms. The number of aryl methyl sites for hydroxylation is 2. The summed E-state index contributed by atoms with van der Waals surface area (Å²) < 4.78 is 46.6. The molecule has 0 radical (unpaired) electrons.